The van der Waals surface area contributed by atoms with E-state index in [0.717, 1.165) is 16.0 Å². The number of nitrogens with zero attached hydrogens (tertiary/aromatic N) is 1. The summed E-state index contributed by atoms with van der Waals surface area (Å²) in [6.45, 7) is 7.18. The van der Waals surface area contributed by atoms with Crippen LogP contribution in [0.15, 0.2) is 42.5 Å². The van der Waals surface area contributed by atoms with Crippen molar-refractivity contribution in [3.63, 3.8) is 0 Å². The van der Waals surface area contributed by atoms with Gasteiger partial charge < -0.3 is 10.6 Å². The molecule has 2 unspecified atom stereocenters. The van der Waals surface area contributed by atoms with Gasteiger partial charge in [0.2, 0.25) is 5.91 Å². The fraction of sp³-hybridized carbons (Fsp3) is 0.318. The Morgan fingerprint density at radius 1 is 1.14 bits per heavy atom. The van der Waals surface area contributed by atoms with Crippen molar-refractivity contribution in [1.82, 2.24) is 15.5 Å². The minimum absolute atomic E-state index is 0.245. The molecule has 2 N–H and O–H groups in total. The van der Waals surface area contributed by atoms with Crippen molar-refractivity contribution in [1.29, 1.82) is 0 Å². The third kappa shape index (κ3) is 4.12. The SMILES string of the molecule is Cc1ccc(C(C)NC(=O)CN2C(=O)NC(C)(c3ccc(Cl)cc3)C2=O)cc1C. The zero-order valence-electron chi connectivity index (χ0n) is 16.9. The lowest BCUT2D eigenvalue weighted by Gasteiger charge is -2.22. The maximum Gasteiger partial charge on any atom is 0.325 e. The number of hydrogen-bond acceptors (Lipinski definition) is 3. The van der Waals surface area contributed by atoms with Gasteiger partial charge in [-0.1, -0.05) is 41.9 Å². The Bertz CT molecular complexity index is 974. The van der Waals surface area contributed by atoms with Crippen LogP contribution in [0.5, 0.6) is 0 Å². The van der Waals surface area contributed by atoms with Gasteiger partial charge in [-0.05, 0) is 62.1 Å². The zero-order chi connectivity index (χ0) is 21.3. The number of benzene rings is 2. The molecule has 1 heterocycles. The molecule has 7 heteroatoms. The predicted octanol–water partition coefficient (Wildman–Crippen LogP) is 3.60. The number of rotatable bonds is 5. The van der Waals surface area contributed by atoms with Gasteiger partial charge in [0, 0.05) is 5.02 Å². The van der Waals surface area contributed by atoms with Crippen LogP contribution >= 0.6 is 11.6 Å². The number of aryl methyl sites for hydroxylation is 2. The fourth-order valence-corrected chi connectivity index (χ4v) is 3.49. The van der Waals surface area contributed by atoms with Crippen LogP contribution in [0.3, 0.4) is 0 Å². The van der Waals surface area contributed by atoms with Crippen LogP contribution < -0.4 is 10.6 Å². The highest BCUT2D eigenvalue weighted by atomic mass is 35.5. The smallest absolute Gasteiger partial charge is 0.325 e. The first-order valence-electron chi connectivity index (χ1n) is 9.38. The summed E-state index contributed by atoms with van der Waals surface area (Å²) in [6.07, 6.45) is 0. The van der Waals surface area contributed by atoms with Crippen molar-refractivity contribution in [2.24, 2.45) is 0 Å². The third-order valence-electron chi connectivity index (χ3n) is 5.41. The van der Waals surface area contributed by atoms with Crippen LogP contribution in [0.1, 0.15) is 42.1 Å². The van der Waals surface area contributed by atoms with E-state index in [-0.39, 0.29) is 12.6 Å². The second kappa shape index (κ2) is 7.87. The zero-order valence-corrected chi connectivity index (χ0v) is 17.6. The van der Waals surface area contributed by atoms with E-state index in [0.29, 0.717) is 10.6 Å². The quantitative estimate of drug-likeness (QED) is 0.735. The molecule has 0 bridgehead atoms. The summed E-state index contributed by atoms with van der Waals surface area (Å²) >= 11 is 5.91. The van der Waals surface area contributed by atoms with Crippen LogP contribution in [0, 0.1) is 13.8 Å². The van der Waals surface area contributed by atoms with Crippen molar-refractivity contribution in [2.45, 2.75) is 39.3 Å². The number of imide groups is 1. The minimum Gasteiger partial charge on any atom is -0.348 e. The molecule has 4 amide bonds. The Hall–Kier alpha value is -2.86. The van der Waals surface area contributed by atoms with Crippen molar-refractivity contribution >= 4 is 29.4 Å². The van der Waals surface area contributed by atoms with E-state index in [1.54, 1.807) is 31.2 Å². The van der Waals surface area contributed by atoms with Gasteiger partial charge in [-0.3, -0.25) is 14.5 Å². The van der Waals surface area contributed by atoms with E-state index in [4.69, 9.17) is 11.6 Å². The lowest BCUT2D eigenvalue weighted by atomic mass is 9.92. The predicted molar refractivity (Wildman–Crippen MR) is 112 cm³/mol. The lowest BCUT2D eigenvalue weighted by Crippen LogP contribution is -2.43. The molecule has 29 heavy (non-hydrogen) atoms. The van der Waals surface area contributed by atoms with Gasteiger partial charge in [0.25, 0.3) is 5.91 Å². The fourth-order valence-electron chi connectivity index (χ4n) is 3.37. The summed E-state index contributed by atoms with van der Waals surface area (Å²) in [5.41, 5.74) is 2.64. The molecule has 0 aromatic heterocycles. The van der Waals surface area contributed by atoms with Crippen molar-refractivity contribution in [3.8, 4) is 0 Å². The molecule has 1 aliphatic rings. The first-order chi connectivity index (χ1) is 13.6. The second-order valence-corrected chi connectivity index (χ2v) is 8.02. The molecule has 2 aromatic rings. The number of carbonyl (C=O) groups excluding carboxylic acids is 3. The van der Waals surface area contributed by atoms with Crippen LogP contribution in [0.25, 0.3) is 0 Å². The minimum atomic E-state index is -1.23. The largest absolute Gasteiger partial charge is 0.348 e. The van der Waals surface area contributed by atoms with Crippen LogP contribution in [-0.2, 0) is 15.1 Å². The lowest BCUT2D eigenvalue weighted by molar-refractivity contribution is -0.135. The van der Waals surface area contributed by atoms with Gasteiger partial charge in [-0.15, -0.1) is 0 Å². The standard InChI is InChI=1S/C22H24ClN3O3/c1-13-5-6-16(11-14(13)2)15(3)24-19(27)12-26-20(28)22(4,25-21(26)29)17-7-9-18(23)10-8-17/h5-11,15H,12H2,1-4H3,(H,24,27)(H,25,29). The molecule has 1 fully saturated rings. The maximum absolute atomic E-state index is 12.9. The van der Waals surface area contributed by atoms with Gasteiger partial charge in [-0.2, -0.15) is 0 Å². The summed E-state index contributed by atoms with van der Waals surface area (Å²) in [6, 6.07) is 11.8. The van der Waals surface area contributed by atoms with Crippen LogP contribution in [0.4, 0.5) is 4.79 Å². The Morgan fingerprint density at radius 3 is 2.41 bits per heavy atom. The number of urea groups is 1. The first-order valence-corrected chi connectivity index (χ1v) is 9.76. The van der Waals surface area contributed by atoms with Gasteiger partial charge in [0.1, 0.15) is 12.1 Å². The average molecular weight is 414 g/mol. The second-order valence-electron chi connectivity index (χ2n) is 7.59. The van der Waals surface area contributed by atoms with E-state index in [9.17, 15) is 14.4 Å². The Kier molecular flexibility index (Phi) is 5.66. The molecule has 0 radical (unpaired) electrons. The first kappa shape index (κ1) is 20.9. The van der Waals surface area contributed by atoms with Crippen molar-refractivity contribution in [3.05, 3.63) is 69.7 Å². The summed E-state index contributed by atoms with van der Waals surface area (Å²) in [5, 5.41) is 6.07. The summed E-state index contributed by atoms with van der Waals surface area (Å²) < 4.78 is 0. The molecule has 2 aromatic carbocycles. The molecule has 1 aliphatic heterocycles. The summed E-state index contributed by atoms with van der Waals surface area (Å²) in [4.78, 5) is 38.8. The maximum atomic E-state index is 12.9. The Balaban J connectivity index is 1.70. The molecule has 152 valence electrons. The number of carbonyl (C=O) groups is 3. The highest BCUT2D eigenvalue weighted by Gasteiger charge is 2.49. The molecular weight excluding hydrogens is 390 g/mol. The van der Waals surface area contributed by atoms with E-state index in [2.05, 4.69) is 10.6 Å². The monoisotopic (exact) mass is 413 g/mol. The van der Waals surface area contributed by atoms with Gasteiger partial charge >= 0.3 is 6.03 Å². The molecule has 2 atom stereocenters. The Morgan fingerprint density at radius 2 is 1.79 bits per heavy atom. The number of halogens is 1. The molecule has 1 saturated heterocycles. The van der Waals surface area contributed by atoms with Crippen LogP contribution in [-0.4, -0.2) is 29.3 Å². The number of amides is 4. The molecule has 3 rings (SSSR count). The average Bonchev–Trinajstić information content (AvgIpc) is 2.88. The molecule has 0 spiro atoms. The van der Waals surface area contributed by atoms with Crippen LogP contribution in [0.2, 0.25) is 5.02 Å². The van der Waals surface area contributed by atoms with Crippen molar-refractivity contribution in [2.75, 3.05) is 6.54 Å². The summed E-state index contributed by atoms with van der Waals surface area (Å²) in [5.74, 6) is -0.876. The summed E-state index contributed by atoms with van der Waals surface area (Å²) in [7, 11) is 0. The third-order valence-corrected chi connectivity index (χ3v) is 5.66. The molecular formula is C22H24ClN3O3. The highest BCUT2D eigenvalue weighted by Crippen LogP contribution is 2.29. The molecule has 6 nitrogen and oxygen atoms in total. The molecule has 0 aliphatic carbocycles. The van der Waals surface area contributed by atoms with Gasteiger partial charge in [0.05, 0.1) is 6.04 Å². The van der Waals surface area contributed by atoms with Crippen molar-refractivity contribution < 1.29 is 14.4 Å². The van der Waals surface area contributed by atoms with E-state index in [1.807, 2.05) is 39.0 Å². The highest BCUT2D eigenvalue weighted by molar-refractivity contribution is 6.30. The number of hydrogen-bond donors (Lipinski definition) is 2. The van der Waals surface area contributed by atoms with Gasteiger partial charge in [0.15, 0.2) is 0 Å². The number of nitrogens with one attached hydrogen (secondary N) is 2. The van der Waals surface area contributed by atoms with E-state index in [1.165, 1.54) is 5.56 Å². The van der Waals surface area contributed by atoms with Gasteiger partial charge in [-0.25, -0.2) is 4.79 Å². The van der Waals surface area contributed by atoms with E-state index >= 15 is 0 Å². The normalized spacial score (nSPS) is 19.8. The molecule has 0 saturated carbocycles. The Labute approximate surface area is 175 Å². The van der Waals surface area contributed by atoms with E-state index < -0.39 is 23.4 Å². The topological polar surface area (TPSA) is 78.5 Å².